The van der Waals surface area contributed by atoms with E-state index in [1.165, 1.54) is 0 Å². The molecule has 1 aliphatic heterocycles. The first kappa shape index (κ1) is 14.2. The Bertz CT molecular complexity index is 444. The zero-order valence-electron chi connectivity index (χ0n) is 10.8. The Morgan fingerprint density at radius 1 is 1.37 bits per heavy atom. The lowest BCUT2D eigenvalue weighted by Crippen LogP contribution is -2.36. The predicted octanol–water partition coefficient (Wildman–Crippen LogP) is 2.58. The summed E-state index contributed by atoms with van der Waals surface area (Å²) in [7, 11) is 0. The monoisotopic (exact) mass is 283 g/mol. The van der Waals surface area contributed by atoms with Crippen molar-refractivity contribution in [3.63, 3.8) is 0 Å². The SMILES string of the molecule is O=C(O)CCCc1cc(Cl)ccc1N1CCOCC1. The molecule has 0 bridgehead atoms. The fourth-order valence-electron chi connectivity index (χ4n) is 2.30. The Kier molecular flexibility index (Phi) is 5.05. The van der Waals surface area contributed by atoms with Gasteiger partial charge in [-0.25, -0.2) is 0 Å². The van der Waals surface area contributed by atoms with Gasteiger partial charge in [-0.2, -0.15) is 0 Å². The molecule has 2 rings (SSSR count). The number of benzene rings is 1. The van der Waals surface area contributed by atoms with Gasteiger partial charge in [-0.1, -0.05) is 11.6 Å². The number of rotatable bonds is 5. The number of aryl methyl sites for hydroxylation is 1. The van der Waals surface area contributed by atoms with E-state index in [0.717, 1.165) is 44.0 Å². The average molecular weight is 284 g/mol. The molecule has 0 radical (unpaired) electrons. The summed E-state index contributed by atoms with van der Waals surface area (Å²) in [6.07, 6.45) is 1.56. The Morgan fingerprint density at radius 2 is 2.11 bits per heavy atom. The molecule has 1 heterocycles. The molecule has 0 saturated carbocycles. The minimum absolute atomic E-state index is 0.190. The molecule has 1 aliphatic rings. The van der Waals surface area contributed by atoms with Gasteiger partial charge in [0.25, 0.3) is 0 Å². The molecular weight excluding hydrogens is 266 g/mol. The second-order valence-corrected chi connectivity index (χ2v) is 5.06. The molecule has 1 fully saturated rings. The van der Waals surface area contributed by atoms with Crippen LogP contribution < -0.4 is 4.90 Å². The molecule has 1 aromatic carbocycles. The van der Waals surface area contributed by atoms with Gasteiger partial charge in [0.2, 0.25) is 0 Å². The first-order valence-corrected chi connectivity index (χ1v) is 6.87. The maximum absolute atomic E-state index is 10.6. The van der Waals surface area contributed by atoms with E-state index in [1.54, 1.807) is 0 Å². The number of anilines is 1. The minimum atomic E-state index is -0.755. The lowest BCUT2D eigenvalue weighted by molar-refractivity contribution is -0.137. The van der Waals surface area contributed by atoms with E-state index in [0.29, 0.717) is 11.4 Å². The van der Waals surface area contributed by atoms with Crippen LogP contribution in [-0.2, 0) is 16.0 Å². The van der Waals surface area contributed by atoms with E-state index in [4.69, 9.17) is 21.4 Å². The Balaban J connectivity index is 2.10. The van der Waals surface area contributed by atoms with Crippen molar-refractivity contribution in [3.05, 3.63) is 28.8 Å². The van der Waals surface area contributed by atoms with E-state index < -0.39 is 5.97 Å². The third kappa shape index (κ3) is 4.11. The highest BCUT2D eigenvalue weighted by atomic mass is 35.5. The molecule has 19 heavy (non-hydrogen) atoms. The summed E-state index contributed by atoms with van der Waals surface area (Å²) in [4.78, 5) is 12.9. The number of hydrogen-bond donors (Lipinski definition) is 1. The van der Waals surface area contributed by atoms with Crippen molar-refractivity contribution in [2.24, 2.45) is 0 Å². The van der Waals surface area contributed by atoms with Crippen LogP contribution in [0.2, 0.25) is 5.02 Å². The third-order valence-corrected chi connectivity index (χ3v) is 3.47. The Morgan fingerprint density at radius 3 is 2.79 bits per heavy atom. The zero-order valence-corrected chi connectivity index (χ0v) is 11.5. The molecule has 0 atom stereocenters. The number of morpholine rings is 1. The molecule has 1 N–H and O–H groups in total. The van der Waals surface area contributed by atoms with Crippen LogP contribution in [0.1, 0.15) is 18.4 Å². The minimum Gasteiger partial charge on any atom is -0.481 e. The molecule has 1 aromatic rings. The molecule has 0 aliphatic carbocycles. The molecule has 4 nitrogen and oxygen atoms in total. The Hall–Kier alpha value is -1.26. The summed E-state index contributed by atoms with van der Waals surface area (Å²) in [6, 6.07) is 5.84. The Labute approximate surface area is 117 Å². The number of nitrogens with zero attached hydrogens (tertiary/aromatic N) is 1. The van der Waals surface area contributed by atoms with E-state index >= 15 is 0 Å². The fraction of sp³-hybridized carbons (Fsp3) is 0.500. The predicted molar refractivity (Wildman–Crippen MR) is 75.1 cm³/mol. The lowest BCUT2D eigenvalue weighted by Gasteiger charge is -2.30. The van der Waals surface area contributed by atoms with Crippen molar-refractivity contribution in [1.29, 1.82) is 0 Å². The van der Waals surface area contributed by atoms with Crippen molar-refractivity contribution in [3.8, 4) is 0 Å². The number of carbonyl (C=O) groups is 1. The van der Waals surface area contributed by atoms with E-state index in [9.17, 15) is 4.79 Å². The highest BCUT2D eigenvalue weighted by Gasteiger charge is 2.15. The van der Waals surface area contributed by atoms with Gasteiger partial charge in [0.15, 0.2) is 0 Å². The fourth-order valence-corrected chi connectivity index (χ4v) is 2.49. The van der Waals surface area contributed by atoms with Gasteiger partial charge in [0.1, 0.15) is 0 Å². The number of carboxylic acids is 1. The molecule has 0 aromatic heterocycles. The summed E-state index contributed by atoms with van der Waals surface area (Å²) in [5.41, 5.74) is 2.27. The second-order valence-electron chi connectivity index (χ2n) is 4.62. The van der Waals surface area contributed by atoms with Crippen LogP contribution in [0, 0.1) is 0 Å². The van der Waals surface area contributed by atoms with Crippen LogP contribution >= 0.6 is 11.6 Å². The average Bonchev–Trinajstić information content (AvgIpc) is 2.39. The maximum Gasteiger partial charge on any atom is 0.303 e. The quantitative estimate of drug-likeness (QED) is 0.902. The van der Waals surface area contributed by atoms with Crippen LogP contribution in [0.5, 0.6) is 0 Å². The van der Waals surface area contributed by atoms with Crippen molar-refractivity contribution < 1.29 is 14.6 Å². The molecule has 104 valence electrons. The summed E-state index contributed by atoms with van der Waals surface area (Å²) in [6.45, 7) is 3.20. The third-order valence-electron chi connectivity index (χ3n) is 3.23. The first-order chi connectivity index (χ1) is 9.16. The number of halogens is 1. The lowest BCUT2D eigenvalue weighted by atomic mass is 10.0. The topological polar surface area (TPSA) is 49.8 Å². The number of carboxylic acid groups (broad SMARTS) is 1. The smallest absolute Gasteiger partial charge is 0.303 e. The molecule has 0 amide bonds. The van der Waals surface area contributed by atoms with Gasteiger partial charge in [0, 0.05) is 30.2 Å². The van der Waals surface area contributed by atoms with Crippen molar-refractivity contribution in [2.75, 3.05) is 31.2 Å². The van der Waals surface area contributed by atoms with Gasteiger partial charge in [-0.15, -0.1) is 0 Å². The van der Waals surface area contributed by atoms with Gasteiger partial charge in [-0.05, 0) is 36.6 Å². The van der Waals surface area contributed by atoms with Crippen LogP contribution in [0.4, 0.5) is 5.69 Å². The largest absolute Gasteiger partial charge is 0.481 e. The standard InChI is InChI=1S/C14H18ClNO3/c15-12-4-5-13(16-6-8-19-9-7-16)11(10-12)2-1-3-14(17)18/h4-5,10H,1-3,6-9H2,(H,17,18). The summed E-state index contributed by atoms with van der Waals surface area (Å²) >= 11 is 6.04. The number of aliphatic carboxylic acids is 1. The molecule has 5 heteroatoms. The van der Waals surface area contributed by atoms with Gasteiger partial charge in [-0.3, -0.25) is 4.79 Å². The number of ether oxygens (including phenoxy) is 1. The van der Waals surface area contributed by atoms with Gasteiger partial charge in [0.05, 0.1) is 13.2 Å². The highest BCUT2D eigenvalue weighted by Crippen LogP contribution is 2.26. The first-order valence-electron chi connectivity index (χ1n) is 6.50. The van der Waals surface area contributed by atoms with Crippen molar-refractivity contribution in [2.45, 2.75) is 19.3 Å². The maximum atomic E-state index is 10.6. The van der Waals surface area contributed by atoms with E-state index in [1.807, 2.05) is 18.2 Å². The van der Waals surface area contributed by atoms with Crippen LogP contribution in [0.15, 0.2) is 18.2 Å². The van der Waals surface area contributed by atoms with E-state index in [-0.39, 0.29) is 6.42 Å². The van der Waals surface area contributed by atoms with Crippen molar-refractivity contribution >= 4 is 23.3 Å². The summed E-state index contributed by atoms with van der Waals surface area (Å²) < 4.78 is 5.35. The molecule has 0 unspecified atom stereocenters. The normalized spacial score (nSPS) is 15.5. The second kappa shape index (κ2) is 6.78. The number of hydrogen-bond acceptors (Lipinski definition) is 3. The zero-order chi connectivity index (χ0) is 13.7. The van der Waals surface area contributed by atoms with Crippen LogP contribution in [0.3, 0.4) is 0 Å². The van der Waals surface area contributed by atoms with E-state index in [2.05, 4.69) is 4.90 Å². The van der Waals surface area contributed by atoms with Crippen LogP contribution in [0.25, 0.3) is 0 Å². The molecule has 0 spiro atoms. The van der Waals surface area contributed by atoms with Gasteiger partial charge < -0.3 is 14.7 Å². The summed E-state index contributed by atoms with van der Waals surface area (Å²) in [5, 5.41) is 9.41. The highest BCUT2D eigenvalue weighted by molar-refractivity contribution is 6.30. The van der Waals surface area contributed by atoms with Gasteiger partial charge >= 0.3 is 5.97 Å². The molecular formula is C14H18ClNO3. The van der Waals surface area contributed by atoms with Crippen LogP contribution in [-0.4, -0.2) is 37.4 Å². The summed E-state index contributed by atoms with van der Waals surface area (Å²) in [5.74, 6) is -0.755. The molecule has 1 saturated heterocycles. The van der Waals surface area contributed by atoms with Crippen molar-refractivity contribution in [1.82, 2.24) is 0 Å².